The molecule has 0 saturated heterocycles. The van der Waals surface area contributed by atoms with E-state index < -0.39 is 23.2 Å². The van der Waals surface area contributed by atoms with Crippen molar-refractivity contribution in [3.05, 3.63) is 54.0 Å². The number of halogens is 4. The molecule has 10 heteroatoms. The number of carbonyl (C=O) groups excluding carboxylic acids is 1. The second-order valence-electron chi connectivity index (χ2n) is 9.97. The molecule has 6 nitrogen and oxygen atoms in total. The van der Waals surface area contributed by atoms with Crippen molar-refractivity contribution in [1.29, 1.82) is 0 Å². The maximum absolute atomic E-state index is 14.1. The lowest BCUT2D eigenvalue weighted by Crippen LogP contribution is -2.71. The summed E-state index contributed by atoms with van der Waals surface area (Å²) in [5.74, 6) is 0.232. The molecule has 2 fully saturated rings. The zero-order valence-electron chi connectivity index (χ0n) is 20.1. The molecule has 2 aromatic rings. The summed E-state index contributed by atoms with van der Waals surface area (Å²) in [7, 11) is 5.70. The minimum atomic E-state index is -4.79. The van der Waals surface area contributed by atoms with Crippen LogP contribution in [0.3, 0.4) is 0 Å². The fourth-order valence-electron chi connectivity index (χ4n) is 5.24. The molecule has 0 atom stereocenters. The number of nitrogens with zero attached hydrogens (tertiary/aromatic N) is 4. The molecule has 1 aromatic heterocycles. The molecule has 1 heterocycles. The molecule has 1 aromatic carbocycles. The molecular formula is C25H30F4N4O2. The van der Waals surface area contributed by atoms with Crippen LogP contribution < -0.4 is 9.64 Å². The van der Waals surface area contributed by atoms with Crippen molar-refractivity contribution in [3.63, 3.8) is 0 Å². The van der Waals surface area contributed by atoms with Crippen molar-refractivity contribution in [1.82, 2.24) is 14.8 Å². The van der Waals surface area contributed by atoms with Crippen molar-refractivity contribution >= 4 is 12.2 Å². The van der Waals surface area contributed by atoms with Crippen LogP contribution in [-0.4, -0.2) is 67.3 Å². The van der Waals surface area contributed by atoms with Gasteiger partial charge in [-0.1, -0.05) is 12.1 Å². The molecule has 0 N–H and O–H groups in total. The molecule has 0 aliphatic heterocycles. The molecule has 35 heavy (non-hydrogen) atoms. The van der Waals surface area contributed by atoms with Gasteiger partial charge in [-0.2, -0.15) is 0 Å². The number of pyridine rings is 1. The van der Waals surface area contributed by atoms with Crippen molar-refractivity contribution in [3.8, 4) is 5.75 Å². The Morgan fingerprint density at radius 2 is 1.86 bits per heavy atom. The fourth-order valence-corrected chi connectivity index (χ4v) is 5.24. The zero-order chi connectivity index (χ0) is 25.4. The first-order chi connectivity index (χ1) is 16.5. The van der Waals surface area contributed by atoms with E-state index in [2.05, 4.69) is 14.6 Å². The minimum Gasteiger partial charge on any atom is -0.404 e. The largest absolute Gasteiger partial charge is 0.573 e. The van der Waals surface area contributed by atoms with Gasteiger partial charge in [-0.15, -0.1) is 13.2 Å². The predicted octanol–water partition coefficient (Wildman–Crippen LogP) is 4.41. The highest BCUT2D eigenvalue weighted by Gasteiger charge is 2.60. The summed E-state index contributed by atoms with van der Waals surface area (Å²) in [6.07, 6.45) is 0.479. The number of hydrogen-bond acceptors (Lipinski definition) is 5. The third-order valence-electron chi connectivity index (χ3n) is 7.23. The van der Waals surface area contributed by atoms with Crippen LogP contribution in [0.2, 0.25) is 0 Å². The van der Waals surface area contributed by atoms with E-state index in [9.17, 15) is 22.4 Å². The molecule has 1 amide bonds. The van der Waals surface area contributed by atoms with Crippen molar-refractivity contribution in [2.75, 3.05) is 39.1 Å². The third kappa shape index (κ3) is 5.37. The van der Waals surface area contributed by atoms with Crippen LogP contribution in [0.1, 0.15) is 31.2 Å². The number of alkyl halides is 3. The van der Waals surface area contributed by atoms with E-state index in [1.54, 1.807) is 19.2 Å². The van der Waals surface area contributed by atoms with Gasteiger partial charge in [0.1, 0.15) is 17.4 Å². The van der Waals surface area contributed by atoms with Crippen LogP contribution >= 0.6 is 0 Å². The van der Waals surface area contributed by atoms with Gasteiger partial charge in [-0.05, 0) is 75.5 Å². The Hall–Kier alpha value is -2.88. The standard InChI is InChI=1S/C25H30F4N4O2/c1-31(2)24(19-5-4-6-20(26)11-19)14-23(15-24,33(17-34)13-18-7-8-18)16-32(3)22-10-9-21(12-30-22)35-25(27,28)29/h4-6,9-12,17-18H,7-8,13-16H2,1-3H3. The van der Waals surface area contributed by atoms with Crippen LogP contribution in [0.4, 0.5) is 23.4 Å². The number of aromatic nitrogens is 1. The van der Waals surface area contributed by atoms with Gasteiger partial charge >= 0.3 is 6.36 Å². The van der Waals surface area contributed by atoms with Gasteiger partial charge in [-0.25, -0.2) is 9.37 Å². The molecule has 190 valence electrons. The Labute approximate surface area is 202 Å². The SMILES string of the molecule is CN(CC1(N(C=O)CC2CC2)CC(c2cccc(F)c2)(N(C)C)C1)c1ccc(OC(F)(F)F)cn1. The Kier molecular flexibility index (Phi) is 6.70. The Morgan fingerprint density at radius 3 is 2.37 bits per heavy atom. The van der Waals surface area contributed by atoms with Crippen molar-refractivity contribution in [2.45, 2.75) is 43.1 Å². The predicted molar refractivity (Wildman–Crippen MR) is 123 cm³/mol. The summed E-state index contributed by atoms with van der Waals surface area (Å²) in [5, 5.41) is 0. The van der Waals surface area contributed by atoms with Crippen LogP contribution in [0.25, 0.3) is 0 Å². The number of hydrogen-bond donors (Lipinski definition) is 0. The second kappa shape index (κ2) is 9.29. The van der Waals surface area contributed by atoms with E-state index in [4.69, 9.17) is 0 Å². The number of ether oxygens (including phenoxy) is 1. The van der Waals surface area contributed by atoms with E-state index in [-0.39, 0.29) is 5.82 Å². The van der Waals surface area contributed by atoms with Gasteiger partial charge in [0.05, 0.1) is 17.3 Å². The van der Waals surface area contributed by atoms with Gasteiger partial charge < -0.3 is 14.5 Å². The molecule has 0 radical (unpaired) electrons. The molecule has 2 aliphatic rings. The Morgan fingerprint density at radius 1 is 1.14 bits per heavy atom. The summed E-state index contributed by atoms with van der Waals surface area (Å²) in [4.78, 5) is 22.2. The molecule has 2 aliphatic carbocycles. The maximum atomic E-state index is 14.1. The van der Waals surface area contributed by atoms with Crippen molar-refractivity contribution in [2.24, 2.45) is 5.92 Å². The van der Waals surface area contributed by atoms with Gasteiger partial charge in [0.25, 0.3) is 0 Å². The molecule has 0 spiro atoms. The lowest BCUT2D eigenvalue weighted by atomic mass is 9.58. The molecule has 2 saturated carbocycles. The average molecular weight is 495 g/mol. The first-order valence-corrected chi connectivity index (χ1v) is 11.5. The smallest absolute Gasteiger partial charge is 0.404 e. The number of carbonyl (C=O) groups is 1. The Balaban J connectivity index is 1.60. The second-order valence-corrected chi connectivity index (χ2v) is 9.97. The highest BCUT2D eigenvalue weighted by molar-refractivity contribution is 5.53. The quantitative estimate of drug-likeness (QED) is 0.362. The van der Waals surface area contributed by atoms with Crippen LogP contribution in [0, 0.1) is 11.7 Å². The van der Waals surface area contributed by atoms with Crippen molar-refractivity contribution < 1.29 is 27.1 Å². The number of benzene rings is 1. The molecule has 0 unspecified atom stereocenters. The van der Waals surface area contributed by atoms with E-state index in [0.717, 1.165) is 31.0 Å². The van der Waals surface area contributed by atoms with Crippen LogP contribution in [0.15, 0.2) is 42.6 Å². The Bertz CT molecular complexity index is 1030. The van der Waals surface area contributed by atoms with Crippen LogP contribution in [-0.2, 0) is 10.3 Å². The lowest BCUT2D eigenvalue weighted by Gasteiger charge is -2.63. The first kappa shape index (κ1) is 25.2. The third-order valence-corrected chi connectivity index (χ3v) is 7.23. The average Bonchev–Trinajstić information content (AvgIpc) is 3.57. The van der Waals surface area contributed by atoms with Crippen LogP contribution in [0.5, 0.6) is 5.75 Å². The van der Waals surface area contributed by atoms with E-state index in [1.165, 1.54) is 18.2 Å². The lowest BCUT2D eigenvalue weighted by molar-refractivity contribution is -0.274. The normalized spacial score (nSPS) is 24.1. The fraction of sp³-hybridized carbons (Fsp3) is 0.520. The molecule has 0 bridgehead atoms. The number of likely N-dealkylation sites (N-methyl/N-ethyl adjacent to an activating group) is 1. The molecule has 4 rings (SSSR count). The number of anilines is 1. The summed E-state index contributed by atoms with van der Waals surface area (Å²) in [6, 6.07) is 9.24. The maximum Gasteiger partial charge on any atom is 0.573 e. The summed E-state index contributed by atoms with van der Waals surface area (Å²) < 4.78 is 55.5. The minimum absolute atomic E-state index is 0.311. The topological polar surface area (TPSA) is 48.9 Å². The first-order valence-electron chi connectivity index (χ1n) is 11.5. The number of amides is 1. The monoisotopic (exact) mass is 494 g/mol. The summed E-state index contributed by atoms with van der Waals surface area (Å²) in [5.41, 5.74) is -0.144. The van der Waals surface area contributed by atoms with E-state index >= 15 is 0 Å². The summed E-state index contributed by atoms with van der Waals surface area (Å²) >= 11 is 0. The molecular weight excluding hydrogens is 464 g/mol. The zero-order valence-corrected chi connectivity index (χ0v) is 20.1. The van der Waals surface area contributed by atoms with Gasteiger partial charge in [-0.3, -0.25) is 9.69 Å². The van der Waals surface area contributed by atoms with Gasteiger partial charge in [0, 0.05) is 20.1 Å². The summed E-state index contributed by atoms with van der Waals surface area (Å²) in [6.45, 7) is 1.08. The highest BCUT2D eigenvalue weighted by atomic mass is 19.4. The van der Waals surface area contributed by atoms with Gasteiger partial charge in [0.15, 0.2) is 0 Å². The van der Waals surface area contributed by atoms with E-state index in [1.807, 2.05) is 30.0 Å². The van der Waals surface area contributed by atoms with Gasteiger partial charge in [0.2, 0.25) is 6.41 Å². The highest BCUT2D eigenvalue weighted by Crippen LogP contribution is 2.55. The number of rotatable bonds is 10. The van der Waals surface area contributed by atoms with E-state index in [0.29, 0.717) is 37.7 Å².